The zero-order valence-electron chi connectivity index (χ0n) is 86.4. The van der Waals surface area contributed by atoms with E-state index in [1.165, 1.54) is 38.5 Å². The smallest absolute Gasteiger partial charge is 0.330 e. The van der Waals surface area contributed by atoms with Crippen LogP contribution in [0.15, 0.2) is 164 Å². The minimum absolute atomic E-state index is 0.0156. The highest BCUT2D eigenvalue weighted by molar-refractivity contribution is 7.12. The number of carbonyl (C=O) groups excluding carboxylic acids is 1. The van der Waals surface area contributed by atoms with E-state index in [0.29, 0.717) is 23.3 Å². The van der Waals surface area contributed by atoms with E-state index in [2.05, 4.69) is 402 Å². The molecule has 716 valence electrons. The number of ether oxygens (including phenoxy) is 1. The summed E-state index contributed by atoms with van der Waals surface area (Å²) < 4.78 is 38.8. The number of rotatable bonds is 8. The molecule has 0 aliphatic carbocycles. The van der Waals surface area contributed by atoms with E-state index in [1.807, 2.05) is 24.4 Å². The number of nitrogens with zero attached hydrogens (tertiary/aromatic N) is 11. The highest BCUT2D eigenvalue weighted by Crippen LogP contribution is 2.35. The zero-order chi connectivity index (χ0) is 102. The van der Waals surface area contributed by atoms with Gasteiger partial charge in [0.2, 0.25) is 11.8 Å². The van der Waals surface area contributed by atoms with E-state index < -0.39 is 0 Å². The number of hydrogen-bond donors (Lipinski definition) is 1. The maximum Gasteiger partial charge on any atom is 0.330 e. The van der Waals surface area contributed by atoms with E-state index in [4.69, 9.17) is 46.4 Å². The normalized spacial score (nSPS) is 13.1. The van der Waals surface area contributed by atoms with Crippen LogP contribution in [0.3, 0.4) is 0 Å². The number of esters is 1. The number of H-pyrrole nitrogens is 1. The molecule has 23 heteroatoms. The first kappa shape index (κ1) is 119. The van der Waals surface area contributed by atoms with Gasteiger partial charge < -0.3 is 32.1 Å². The lowest BCUT2D eigenvalue weighted by Gasteiger charge is -2.30. The van der Waals surface area contributed by atoms with Gasteiger partial charge in [-0.15, -0.1) is 41.9 Å². The molecule has 2 aliphatic rings. The summed E-state index contributed by atoms with van der Waals surface area (Å²) >= 11 is 6.41. The second-order valence-electron chi connectivity index (χ2n) is 43.0. The molecule has 0 fully saturated rings. The van der Waals surface area contributed by atoms with Crippen molar-refractivity contribution in [2.24, 2.45) is 15.8 Å². The monoisotopic (exact) mass is 1870 g/mol. The SMILES string of the molecule is C#CC1=NCC=C1C(C)(C)C.C#Cc1ncc(C(C)(C)C)[nH]1.C#Cc1nocc1C(C)(C)C.C=Cc1cc(C(C)(C)C)on1.C=Cc1cc(C(C)(C)C)sn1.C=Cc1nc(C(C)(C)C)co1.C=Cc1nc(C(C)(C)C)cs1.C=Cc1ncc(C(C)(C)C)o1.C=Cc1ncc(C(C)(C)C)s1.C=Cc1nocc1C(C)(C)C.C=Cc1nscc1C(C)(C)C.CC(C)(C)C1CC=CC(=O)O1. The van der Waals surface area contributed by atoms with Crippen molar-refractivity contribution in [3.63, 3.8) is 0 Å². The van der Waals surface area contributed by atoms with Gasteiger partial charge in [0.25, 0.3) is 0 Å². The molecule has 10 aromatic rings. The summed E-state index contributed by atoms with van der Waals surface area (Å²) in [5.41, 5.74) is 14.2. The molecule has 0 saturated carbocycles. The predicted molar refractivity (Wildman–Crippen MR) is 565 cm³/mol. The summed E-state index contributed by atoms with van der Waals surface area (Å²) in [6, 6.07) is 4.00. The van der Waals surface area contributed by atoms with Gasteiger partial charge in [-0.3, -0.25) is 4.99 Å². The third kappa shape index (κ3) is 43.1. The Labute approximate surface area is 809 Å². The number of thiazole rings is 2. The number of terminal acetylenes is 3. The molecule has 1 N–H and O–H groups in total. The Kier molecular flexibility index (Phi) is 46.8. The molecule has 0 amide bonds. The van der Waals surface area contributed by atoms with Crippen molar-refractivity contribution in [3.05, 3.63) is 248 Å². The molecule has 10 aromatic heterocycles. The Morgan fingerprint density at radius 1 is 0.470 bits per heavy atom. The molecule has 19 nitrogen and oxygen atoms in total. The molecule has 0 bridgehead atoms. The largest absolute Gasteiger partial charge is 0.458 e. The van der Waals surface area contributed by atoms with Crippen molar-refractivity contribution in [2.45, 2.75) is 316 Å². The number of nitrogens with one attached hydrogen (secondary N) is 1. The highest BCUT2D eigenvalue weighted by atomic mass is 32.1. The van der Waals surface area contributed by atoms with Gasteiger partial charge in [-0.2, -0.15) is 8.75 Å². The maximum atomic E-state index is 10.8. The van der Waals surface area contributed by atoms with Crippen molar-refractivity contribution >= 4 is 106 Å². The summed E-state index contributed by atoms with van der Waals surface area (Å²) in [5, 5.41) is 17.5. The average molecular weight is 1870 g/mol. The standard InChI is InChI=1S/C10H13N.C9H12N2.3C9H13NO.C9H11NO.C9H13NO.4C9H13NS.C9H14O2/c1-5-9-8(6-7-11-9)10(2,3)4;1-5-8-10-6-7(11-8)9(2,3)4;1-5-8-10-7(6-11-8)9(2,3)4;1-5-8-10-6-7(11-8)9(2,3)4;2*1-5-8-7(6-11-10-8)9(2,3)4;1-5-7-6-8(11-10-7)9(2,3)4;1-5-8-10-7(6-11-8)9(2,3)4;1-5-8-10-6-7(11-8)9(2,3)4;1-5-8-7(6-11-10-8)9(2,3)4;1-5-7-6-8(11-10-7)9(2,3)4;1-9(2,3)7-5-4-6-8(10)11-7/h1,6H,7H2,2-4H3;1,6H,2-4H3,(H,10,11);3*5-6H,1H2,2-4H3;1,6H,2-4H3;5*5-6H,1H2,2-4H3;4,6-7H,5H2,1-3H3. The number of hydrogen-bond acceptors (Lipinski definition) is 22. The molecule has 0 spiro atoms. The molecular weight excluding hydrogens is 1720 g/mol. The summed E-state index contributed by atoms with van der Waals surface area (Å²) in [4.78, 5) is 41.5. The van der Waals surface area contributed by atoms with Gasteiger partial charge in [-0.1, -0.05) is 335 Å². The Morgan fingerprint density at radius 2 is 1.02 bits per heavy atom. The minimum atomic E-state index is -0.212. The fourth-order valence-electron chi connectivity index (χ4n) is 10.2. The number of aliphatic imine (C=N–C) groups is 1. The van der Waals surface area contributed by atoms with Crippen LogP contribution >= 0.6 is 45.7 Å². The van der Waals surface area contributed by atoms with Crippen LogP contribution in [0.1, 0.15) is 367 Å². The fourth-order valence-corrected chi connectivity index (χ4v) is 13.6. The van der Waals surface area contributed by atoms with Crippen LogP contribution in [0.25, 0.3) is 48.6 Å². The molecule has 12 rings (SSSR count). The quantitative estimate of drug-likeness (QED) is 0.110. The van der Waals surface area contributed by atoms with Crippen LogP contribution in [-0.2, 0) is 63.7 Å². The Hall–Kier alpha value is -11.0. The minimum Gasteiger partial charge on any atom is -0.458 e. The van der Waals surface area contributed by atoms with Crippen LogP contribution in [0, 0.1) is 47.9 Å². The fraction of sp³-hybridized carbons (Fsp3) is 0.468. The highest BCUT2D eigenvalue weighted by Gasteiger charge is 2.30. The second kappa shape index (κ2) is 51.9. The first-order chi connectivity index (χ1) is 60.5. The number of cyclic esters (lactones) is 1. The van der Waals surface area contributed by atoms with E-state index in [-0.39, 0.29) is 77.1 Å². The van der Waals surface area contributed by atoms with Crippen LogP contribution in [-0.4, -0.2) is 78.5 Å². The van der Waals surface area contributed by atoms with E-state index in [0.717, 1.165) is 91.2 Å². The lowest BCUT2D eigenvalue weighted by Crippen LogP contribution is -2.32. The van der Waals surface area contributed by atoms with E-state index in [9.17, 15) is 4.79 Å². The number of oxazole rings is 2. The second-order valence-corrected chi connectivity index (χ2v) is 46.4. The lowest BCUT2D eigenvalue weighted by atomic mass is 9.84. The van der Waals surface area contributed by atoms with Crippen molar-refractivity contribution in [1.82, 2.24) is 54.1 Å². The topological polar surface area (TPSA) is 249 Å². The molecule has 1 atom stereocenters. The van der Waals surface area contributed by atoms with Crippen molar-refractivity contribution in [3.8, 4) is 37.0 Å². The number of allylic oxidation sites excluding steroid dienone is 1. The lowest BCUT2D eigenvalue weighted by molar-refractivity contribution is -0.149. The first-order valence-corrected chi connectivity index (χ1v) is 47.0. The zero-order valence-corrected chi connectivity index (χ0v) is 89.7. The summed E-state index contributed by atoms with van der Waals surface area (Å²) in [5.74, 6) is 10.9. The summed E-state index contributed by atoms with van der Waals surface area (Å²) in [7, 11) is 0. The number of aromatic amines is 1. The molecular formula is C109H154N12O7S4. The van der Waals surface area contributed by atoms with Crippen LogP contribution in [0.5, 0.6) is 0 Å². The van der Waals surface area contributed by atoms with Gasteiger partial charge in [-0.05, 0) is 139 Å². The van der Waals surface area contributed by atoms with Gasteiger partial charge in [-0.25, -0.2) is 29.7 Å². The van der Waals surface area contributed by atoms with Gasteiger partial charge in [0.15, 0.2) is 11.5 Å². The number of carbonyl (C=O) groups is 1. The Balaban J connectivity index is 0.000000720. The van der Waals surface area contributed by atoms with Gasteiger partial charge in [0, 0.05) is 95.4 Å². The maximum absolute atomic E-state index is 10.8. The van der Waals surface area contributed by atoms with Gasteiger partial charge >= 0.3 is 5.97 Å². The van der Waals surface area contributed by atoms with E-state index >= 15 is 0 Å². The van der Waals surface area contributed by atoms with Gasteiger partial charge in [0.1, 0.15) is 63.5 Å². The van der Waals surface area contributed by atoms with Crippen molar-refractivity contribution in [2.75, 3.05) is 6.54 Å². The van der Waals surface area contributed by atoms with Gasteiger partial charge in [0.05, 0.1) is 35.5 Å². The molecule has 0 radical (unpaired) electrons. The summed E-state index contributed by atoms with van der Waals surface area (Å²) in [6.07, 6.45) is 46.3. The first-order valence-electron chi connectivity index (χ1n) is 43.7. The predicted octanol–water partition coefficient (Wildman–Crippen LogP) is 30.4. The third-order valence-electron chi connectivity index (χ3n) is 18.6. The molecule has 132 heavy (non-hydrogen) atoms. The molecule has 0 aromatic carbocycles. The molecule has 2 aliphatic heterocycles. The van der Waals surface area contributed by atoms with Crippen LogP contribution in [0.2, 0.25) is 0 Å². The Bertz CT molecular complexity index is 4990. The van der Waals surface area contributed by atoms with Crippen LogP contribution in [0.4, 0.5) is 0 Å². The van der Waals surface area contributed by atoms with Crippen molar-refractivity contribution in [1.29, 1.82) is 0 Å². The molecule has 0 saturated heterocycles. The Morgan fingerprint density at radius 3 is 1.33 bits per heavy atom. The average Bonchev–Trinajstić information content (AvgIpc) is 1.62. The molecule has 1 unspecified atom stereocenters. The summed E-state index contributed by atoms with van der Waals surface area (Å²) in [6.45, 7) is 106. The number of aromatic nitrogens is 11. The third-order valence-corrected chi connectivity index (χ3v) is 22.7. The number of imidazole rings is 1. The van der Waals surface area contributed by atoms with Crippen molar-refractivity contribution < 1.29 is 31.9 Å². The molecule has 12 heterocycles. The van der Waals surface area contributed by atoms with Crippen LogP contribution < -0.4 is 0 Å². The van der Waals surface area contributed by atoms with E-state index in [1.54, 1.807) is 108 Å².